The lowest BCUT2D eigenvalue weighted by atomic mass is 10.4. The second-order valence-electron chi connectivity index (χ2n) is 2.06. The van der Waals surface area contributed by atoms with Crippen LogP contribution in [0.3, 0.4) is 0 Å². The number of aliphatic hydroxyl groups excluding tert-OH is 1. The van der Waals surface area contributed by atoms with E-state index >= 15 is 0 Å². The first-order valence-electron chi connectivity index (χ1n) is 3.09. The standard InChI is InChI=1S/C6H13NO3/c1-4(10-3)6(9)7-5(2)8/h4-5,8H,1-3H3,(H,7,9). The largest absolute Gasteiger partial charge is 0.374 e. The molecule has 0 spiro atoms. The molecule has 0 rings (SSSR count). The van der Waals surface area contributed by atoms with Crippen LogP contribution in [0.5, 0.6) is 0 Å². The average Bonchev–Trinajstić information content (AvgIpc) is 1.85. The van der Waals surface area contributed by atoms with Gasteiger partial charge in [-0.15, -0.1) is 0 Å². The highest BCUT2D eigenvalue weighted by Gasteiger charge is 2.11. The fraction of sp³-hybridized carbons (Fsp3) is 0.833. The van der Waals surface area contributed by atoms with E-state index in [0.29, 0.717) is 0 Å². The van der Waals surface area contributed by atoms with Gasteiger partial charge in [0.05, 0.1) is 0 Å². The second-order valence-corrected chi connectivity index (χ2v) is 2.06. The van der Waals surface area contributed by atoms with Crippen molar-refractivity contribution >= 4 is 5.91 Å². The van der Waals surface area contributed by atoms with Crippen LogP contribution in [-0.4, -0.2) is 30.5 Å². The van der Waals surface area contributed by atoms with E-state index in [9.17, 15) is 4.79 Å². The van der Waals surface area contributed by atoms with Gasteiger partial charge in [-0.25, -0.2) is 0 Å². The van der Waals surface area contributed by atoms with Gasteiger partial charge in [0.1, 0.15) is 12.3 Å². The van der Waals surface area contributed by atoms with Crippen molar-refractivity contribution < 1.29 is 14.6 Å². The summed E-state index contributed by atoms with van der Waals surface area (Å²) in [6.07, 6.45) is -1.32. The maximum Gasteiger partial charge on any atom is 0.250 e. The maximum absolute atomic E-state index is 10.8. The Labute approximate surface area is 60.2 Å². The van der Waals surface area contributed by atoms with Gasteiger partial charge in [-0.2, -0.15) is 0 Å². The normalized spacial score (nSPS) is 16.0. The zero-order valence-corrected chi connectivity index (χ0v) is 6.42. The van der Waals surface area contributed by atoms with E-state index in [0.717, 1.165) is 0 Å². The molecule has 0 saturated carbocycles. The number of aliphatic hydroxyl groups is 1. The third-order valence-corrected chi connectivity index (χ3v) is 1.07. The van der Waals surface area contributed by atoms with E-state index in [4.69, 9.17) is 5.11 Å². The summed E-state index contributed by atoms with van der Waals surface area (Å²) in [4.78, 5) is 10.8. The van der Waals surface area contributed by atoms with Crippen LogP contribution in [0, 0.1) is 0 Å². The third kappa shape index (κ3) is 3.42. The summed E-state index contributed by atoms with van der Waals surface area (Å²) in [6, 6.07) is 0. The van der Waals surface area contributed by atoms with E-state index in [1.807, 2.05) is 0 Å². The predicted molar refractivity (Wildman–Crippen MR) is 36.3 cm³/mol. The summed E-state index contributed by atoms with van der Waals surface area (Å²) < 4.78 is 4.69. The Hall–Kier alpha value is -0.610. The van der Waals surface area contributed by atoms with Crippen LogP contribution in [-0.2, 0) is 9.53 Å². The summed E-state index contributed by atoms with van der Waals surface area (Å²) >= 11 is 0. The predicted octanol–water partition coefficient (Wildman–Crippen LogP) is -0.524. The number of carbonyl (C=O) groups is 1. The molecule has 4 heteroatoms. The molecule has 4 nitrogen and oxygen atoms in total. The number of methoxy groups -OCH3 is 1. The molecule has 0 fully saturated rings. The van der Waals surface area contributed by atoms with Gasteiger partial charge in [0.2, 0.25) is 0 Å². The molecule has 2 unspecified atom stereocenters. The molecule has 2 N–H and O–H groups in total. The first kappa shape index (κ1) is 9.39. The first-order valence-corrected chi connectivity index (χ1v) is 3.09. The Balaban J connectivity index is 3.62. The maximum atomic E-state index is 10.8. The molecule has 0 heterocycles. The van der Waals surface area contributed by atoms with Gasteiger partial charge >= 0.3 is 0 Å². The number of ether oxygens (including phenoxy) is 1. The fourth-order valence-corrected chi connectivity index (χ4v) is 0.430. The summed E-state index contributed by atoms with van der Waals surface area (Å²) in [6.45, 7) is 3.08. The molecule has 0 aliphatic carbocycles. The van der Waals surface area contributed by atoms with E-state index < -0.39 is 12.3 Å². The lowest BCUT2D eigenvalue weighted by Crippen LogP contribution is -2.39. The van der Waals surface area contributed by atoms with Gasteiger partial charge < -0.3 is 15.2 Å². The molecule has 10 heavy (non-hydrogen) atoms. The molecule has 0 bridgehead atoms. The number of rotatable bonds is 3. The molecule has 0 aliphatic heterocycles. The van der Waals surface area contributed by atoms with Crippen molar-refractivity contribution in [2.24, 2.45) is 0 Å². The lowest BCUT2D eigenvalue weighted by molar-refractivity contribution is -0.132. The number of nitrogens with one attached hydrogen (secondary N) is 1. The third-order valence-electron chi connectivity index (χ3n) is 1.07. The summed E-state index contributed by atoms with van der Waals surface area (Å²) in [5.41, 5.74) is 0. The zero-order chi connectivity index (χ0) is 8.15. The van der Waals surface area contributed by atoms with Crippen LogP contribution >= 0.6 is 0 Å². The van der Waals surface area contributed by atoms with Gasteiger partial charge in [0.15, 0.2) is 0 Å². The van der Waals surface area contributed by atoms with Crippen molar-refractivity contribution in [2.75, 3.05) is 7.11 Å². The van der Waals surface area contributed by atoms with Crippen molar-refractivity contribution in [1.82, 2.24) is 5.32 Å². The number of amides is 1. The Morgan fingerprint density at radius 3 is 2.40 bits per heavy atom. The van der Waals surface area contributed by atoms with Crippen LogP contribution in [0.1, 0.15) is 13.8 Å². The smallest absolute Gasteiger partial charge is 0.250 e. The van der Waals surface area contributed by atoms with E-state index in [2.05, 4.69) is 10.1 Å². The Morgan fingerprint density at radius 2 is 2.10 bits per heavy atom. The summed E-state index contributed by atoms with van der Waals surface area (Å²) in [5.74, 6) is -0.308. The number of hydrogen-bond donors (Lipinski definition) is 2. The van der Waals surface area contributed by atoms with Crippen molar-refractivity contribution in [3.05, 3.63) is 0 Å². The van der Waals surface area contributed by atoms with Crippen molar-refractivity contribution in [3.8, 4) is 0 Å². The van der Waals surface area contributed by atoms with Gasteiger partial charge in [0.25, 0.3) is 5.91 Å². The van der Waals surface area contributed by atoms with Crippen LogP contribution in [0.2, 0.25) is 0 Å². The second kappa shape index (κ2) is 4.24. The van der Waals surface area contributed by atoms with Crippen LogP contribution in [0.25, 0.3) is 0 Å². The molecule has 0 saturated heterocycles. The SMILES string of the molecule is COC(C)C(=O)NC(C)O. The number of carbonyl (C=O) groups excluding carboxylic acids is 1. The first-order chi connectivity index (χ1) is 4.57. The number of hydrogen-bond acceptors (Lipinski definition) is 3. The minimum Gasteiger partial charge on any atom is -0.374 e. The van der Waals surface area contributed by atoms with Crippen LogP contribution in [0.15, 0.2) is 0 Å². The summed E-state index contributed by atoms with van der Waals surface area (Å²) in [7, 11) is 1.44. The quantitative estimate of drug-likeness (QED) is 0.528. The minimum absolute atomic E-state index is 0.308. The highest BCUT2D eigenvalue weighted by Crippen LogP contribution is 1.87. The van der Waals surface area contributed by atoms with Gasteiger partial charge in [0, 0.05) is 7.11 Å². The Kier molecular flexibility index (Phi) is 3.99. The molecule has 0 aliphatic rings. The van der Waals surface area contributed by atoms with E-state index in [1.54, 1.807) is 6.92 Å². The minimum atomic E-state index is -0.815. The molecule has 0 radical (unpaired) electrons. The molecule has 2 atom stereocenters. The van der Waals surface area contributed by atoms with Crippen LogP contribution < -0.4 is 5.32 Å². The summed E-state index contributed by atoms with van der Waals surface area (Å²) in [5, 5.41) is 11.0. The fourth-order valence-electron chi connectivity index (χ4n) is 0.430. The highest BCUT2D eigenvalue weighted by atomic mass is 16.5. The zero-order valence-electron chi connectivity index (χ0n) is 6.42. The van der Waals surface area contributed by atoms with E-state index in [1.165, 1.54) is 14.0 Å². The van der Waals surface area contributed by atoms with Crippen LogP contribution in [0.4, 0.5) is 0 Å². The molecular formula is C6H13NO3. The van der Waals surface area contributed by atoms with Crippen molar-refractivity contribution in [2.45, 2.75) is 26.2 Å². The monoisotopic (exact) mass is 147 g/mol. The molecule has 0 aromatic heterocycles. The molecule has 0 aromatic carbocycles. The topological polar surface area (TPSA) is 58.6 Å². The van der Waals surface area contributed by atoms with Gasteiger partial charge in [-0.05, 0) is 13.8 Å². The lowest BCUT2D eigenvalue weighted by Gasteiger charge is -2.11. The van der Waals surface area contributed by atoms with Crippen molar-refractivity contribution in [3.63, 3.8) is 0 Å². The molecule has 0 aromatic rings. The van der Waals surface area contributed by atoms with Gasteiger partial charge in [-0.3, -0.25) is 4.79 Å². The van der Waals surface area contributed by atoms with E-state index in [-0.39, 0.29) is 5.91 Å². The van der Waals surface area contributed by atoms with Gasteiger partial charge in [-0.1, -0.05) is 0 Å². The Morgan fingerprint density at radius 1 is 1.60 bits per heavy atom. The molecular weight excluding hydrogens is 134 g/mol. The Bertz CT molecular complexity index is 114. The molecule has 60 valence electrons. The highest BCUT2D eigenvalue weighted by molar-refractivity contribution is 5.80. The average molecular weight is 147 g/mol. The molecule has 1 amide bonds. The van der Waals surface area contributed by atoms with Crippen molar-refractivity contribution in [1.29, 1.82) is 0 Å².